The first kappa shape index (κ1) is 33.4. The summed E-state index contributed by atoms with van der Waals surface area (Å²) < 4.78 is 6.27. The second-order valence-electron chi connectivity index (χ2n) is 11.4. The zero-order valence-corrected chi connectivity index (χ0v) is 26.3. The van der Waals surface area contributed by atoms with Gasteiger partial charge in [0.15, 0.2) is 5.78 Å². The summed E-state index contributed by atoms with van der Waals surface area (Å²) in [5.74, 6) is 0.0438. The van der Waals surface area contributed by atoms with E-state index in [4.69, 9.17) is 4.74 Å². The van der Waals surface area contributed by atoms with Gasteiger partial charge in [-0.2, -0.15) is 0 Å². The van der Waals surface area contributed by atoms with Crippen LogP contribution >= 0.6 is 11.3 Å². The summed E-state index contributed by atoms with van der Waals surface area (Å²) in [5.41, 5.74) is 0.454. The normalized spacial score (nSPS) is 19.4. The molecule has 1 aliphatic heterocycles. The Morgan fingerprint density at radius 2 is 1.90 bits per heavy atom. The molecule has 8 nitrogen and oxygen atoms in total. The molecule has 2 rings (SSSR count). The fourth-order valence-corrected chi connectivity index (χ4v) is 6.19. The van der Waals surface area contributed by atoms with Crippen LogP contribution in [0.3, 0.4) is 0 Å². The highest BCUT2D eigenvalue weighted by Crippen LogP contribution is 2.31. The Kier molecular flexibility index (Phi) is 14.1. The van der Waals surface area contributed by atoms with Gasteiger partial charge in [0, 0.05) is 37.9 Å². The number of likely N-dealkylation sites (tertiary alicyclic amines) is 1. The lowest BCUT2D eigenvalue weighted by Gasteiger charge is -2.40. The van der Waals surface area contributed by atoms with Crippen LogP contribution in [0, 0.1) is 11.8 Å². The van der Waals surface area contributed by atoms with E-state index >= 15 is 0 Å². The first-order valence-corrected chi connectivity index (χ1v) is 15.8. The molecular formula is C30H52N4O4S. The van der Waals surface area contributed by atoms with Gasteiger partial charge in [0.2, 0.25) is 11.8 Å². The standard InChI is InChI=1S/C30H52N4O4S/c1-9-15-34(30(37)27(21(6)11-3)32-28(36)24-14-12-13-16-33(24)8)25(20(4)5)18-26(38-17-10-2)29-31-23(19-39-29)22(7)35/h19-21,24-27H,9-18H2,1-8H3,(H,32,36). The molecule has 1 aromatic rings. The van der Waals surface area contributed by atoms with Crippen LogP contribution in [-0.4, -0.2) is 77.3 Å². The van der Waals surface area contributed by atoms with E-state index in [9.17, 15) is 14.4 Å². The Bertz CT molecular complexity index is 921. The van der Waals surface area contributed by atoms with Crippen molar-refractivity contribution in [2.75, 3.05) is 26.7 Å². The SMILES string of the molecule is CCCOC(CC(C(C)C)N(CCC)C(=O)C(NC(=O)C1CCCCN1C)C(C)CC)c1nc(C(C)=O)cs1. The van der Waals surface area contributed by atoms with Crippen molar-refractivity contribution >= 4 is 28.9 Å². The third kappa shape index (κ3) is 9.35. The second kappa shape index (κ2) is 16.4. The molecule has 0 aromatic carbocycles. The highest BCUT2D eigenvalue weighted by Gasteiger charge is 2.38. The van der Waals surface area contributed by atoms with E-state index in [-0.39, 0.29) is 47.6 Å². The number of aromatic nitrogens is 1. The summed E-state index contributed by atoms with van der Waals surface area (Å²) in [6, 6.07) is -0.875. The second-order valence-corrected chi connectivity index (χ2v) is 12.3. The summed E-state index contributed by atoms with van der Waals surface area (Å²) in [7, 11) is 1.99. The Balaban J connectivity index is 2.36. The zero-order valence-electron chi connectivity index (χ0n) is 25.5. The number of carbonyl (C=O) groups is 3. The molecule has 39 heavy (non-hydrogen) atoms. The van der Waals surface area contributed by atoms with Crippen LogP contribution in [0.15, 0.2) is 5.38 Å². The van der Waals surface area contributed by atoms with Gasteiger partial charge in [-0.25, -0.2) is 4.98 Å². The molecule has 0 bridgehead atoms. The van der Waals surface area contributed by atoms with Gasteiger partial charge >= 0.3 is 0 Å². The molecule has 0 spiro atoms. The van der Waals surface area contributed by atoms with Crippen LogP contribution in [0.5, 0.6) is 0 Å². The average Bonchev–Trinajstić information content (AvgIpc) is 3.41. The van der Waals surface area contributed by atoms with Crippen molar-refractivity contribution in [1.29, 1.82) is 0 Å². The third-order valence-electron chi connectivity index (χ3n) is 7.90. The zero-order chi connectivity index (χ0) is 29.1. The largest absolute Gasteiger partial charge is 0.371 e. The van der Waals surface area contributed by atoms with Crippen LogP contribution in [0.4, 0.5) is 0 Å². The molecule has 2 heterocycles. The summed E-state index contributed by atoms with van der Waals surface area (Å²) in [4.78, 5) is 48.3. The van der Waals surface area contributed by atoms with Gasteiger partial charge in [-0.15, -0.1) is 11.3 Å². The maximum atomic E-state index is 14.3. The fourth-order valence-electron chi connectivity index (χ4n) is 5.27. The number of likely N-dealkylation sites (N-methyl/N-ethyl adjacent to an activating group) is 1. The molecule has 5 unspecified atom stereocenters. The number of hydrogen-bond acceptors (Lipinski definition) is 7. The van der Waals surface area contributed by atoms with E-state index in [1.54, 1.807) is 5.38 Å². The molecule has 1 N–H and O–H groups in total. The molecule has 1 aliphatic rings. The van der Waals surface area contributed by atoms with Crippen molar-refractivity contribution in [3.63, 3.8) is 0 Å². The molecule has 2 amide bonds. The summed E-state index contributed by atoms with van der Waals surface area (Å²) in [6.45, 7) is 16.1. The molecule has 0 saturated carbocycles. The van der Waals surface area contributed by atoms with Crippen LogP contribution < -0.4 is 5.32 Å². The van der Waals surface area contributed by atoms with Gasteiger partial charge < -0.3 is 15.0 Å². The Morgan fingerprint density at radius 1 is 1.18 bits per heavy atom. The number of Topliss-reactive ketones (excluding diaryl/α,β-unsaturated/α-hetero) is 1. The number of nitrogens with zero attached hydrogens (tertiary/aromatic N) is 3. The van der Waals surface area contributed by atoms with Gasteiger partial charge in [-0.3, -0.25) is 19.3 Å². The average molecular weight is 565 g/mol. The maximum absolute atomic E-state index is 14.3. The third-order valence-corrected chi connectivity index (χ3v) is 8.84. The van der Waals surface area contributed by atoms with Crippen molar-refractivity contribution in [3.8, 4) is 0 Å². The van der Waals surface area contributed by atoms with E-state index in [1.807, 2.05) is 18.9 Å². The minimum Gasteiger partial charge on any atom is -0.371 e. The maximum Gasteiger partial charge on any atom is 0.245 e. The van der Waals surface area contributed by atoms with E-state index in [0.717, 1.165) is 50.1 Å². The van der Waals surface area contributed by atoms with Gasteiger partial charge in [0.05, 0.1) is 6.04 Å². The first-order valence-electron chi connectivity index (χ1n) is 14.9. The van der Waals surface area contributed by atoms with Crippen molar-refractivity contribution < 1.29 is 19.1 Å². The number of carbonyl (C=O) groups excluding carboxylic acids is 3. The molecule has 5 atom stereocenters. The van der Waals surface area contributed by atoms with Crippen LogP contribution in [0.2, 0.25) is 0 Å². The molecule has 0 radical (unpaired) electrons. The molecule has 1 fully saturated rings. The molecule has 0 aliphatic carbocycles. The Hall–Kier alpha value is -1.84. The van der Waals surface area contributed by atoms with Crippen LogP contribution in [0.1, 0.15) is 115 Å². The van der Waals surface area contributed by atoms with Gasteiger partial charge in [0.25, 0.3) is 0 Å². The number of ketones is 1. The monoisotopic (exact) mass is 564 g/mol. The van der Waals surface area contributed by atoms with Crippen LogP contribution in [-0.2, 0) is 14.3 Å². The lowest BCUT2D eigenvalue weighted by molar-refractivity contribution is -0.143. The minimum atomic E-state index is -0.579. The lowest BCUT2D eigenvalue weighted by Crippen LogP contribution is -2.58. The molecule has 9 heteroatoms. The summed E-state index contributed by atoms with van der Waals surface area (Å²) in [6.07, 6.45) is 5.70. The number of nitrogens with one attached hydrogen (secondary N) is 1. The van der Waals surface area contributed by atoms with Crippen LogP contribution in [0.25, 0.3) is 0 Å². The highest BCUT2D eigenvalue weighted by molar-refractivity contribution is 7.09. The topological polar surface area (TPSA) is 91.8 Å². The Labute approximate surface area is 240 Å². The first-order chi connectivity index (χ1) is 18.5. The molecule has 1 saturated heterocycles. The van der Waals surface area contributed by atoms with E-state index in [0.29, 0.717) is 25.3 Å². The fraction of sp³-hybridized carbons (Fsp3) is 0.800. The van der Waals surface area contributed by atoms with E-state index in [2.05, 4.69) is 49.8 Å². The number of ether oxygens (including phenoxy) is 1. The smallest absolute Gasteiger partial charge is 0.245 e. The number of rotatable bonds is 16. The number of hydrogen-bond donors (Lipinski definition) is 1. The molecular weight excluding hydrogens is 512 g/mol. The number of thiazole rings is 1. The minimum absolute atomic E-state index is 0.00624. The predicted octanol–water partition coefficient (Wildman–Crippen LogP) is 5.48. The van der Waals surface area contributed by atoms with Crippen molar-refractivity contribution in [3.05, 3.63) is 16.1 Å². The van der Waals surface area contributed by atoms with E-state index < -0.39 is 6.04 Å². The predicted molar refractivity (Wildman–Crippen MR) is 158 cm³/mol. The lowest BCUT2D eigenvalue weighted by atomic mass is 9.92. The van der Waals surface area contributed by atoms with Gasteiger partial charge in [-0.1, -0.05) is 54.4 Å². The quantitative estimate of drug-likeness (QED) is 0.267. The van der Waals surface area contributed by atoms with E-state index in [1.165, 1.54) is 18.3 Å². The molecule has 1 aromatic heterocycles. The summed E-state index contributed by atoms with van der Waals surface area (Å²) in [5, 5.41) is 5.75. The summed E-state index contributed by atoms with van der Waals surface area (Å²) >= 11 is 1.44. The van der Waals surface area contributed by atoms with Gasteiger partial charge in [-0.05, 0) is 51.1 Å². The Morgan fingerprint density at radius 3 is 2.44 bits per heavy atom. The number of piperidine rings is 1. The van der Waals surface area contributed by atoms with Crippen molar-refractivity contribution in [2.45, 2.75) is 118 Å². The van der Waals surface area contributed by atoms with Crippen molar-refractivity contribution in [2.24, 2.45) is 11.8 Å². The van der Waals surface area contributed by atoms with Crippen molar-refractivity contribution in [1.82, 2.24) is 20.1 Å². The highest BCUT2D eigenvalue weighted by atomic mass is 32.1. The number of amides is 2. The van der Waals surface area contributed by atoms with Gasteiger partial charge in [0.1, 0.15) is 22.8 Å². The molecule has 222 valence electrons.